The second-order valence-electron chi connectivity index (χ2n) is 4.61. The van der Waals surface area contributed by atoms with Crippen molar-refractivity contribution in [1.82, 2.24) is 0 Å². The van der Waals surface area contributed by atoms with Crippen molar-refractivity contribution in [2.45, 2.75) is 50.5 Å². The standard InChI is InChI=1S/C12H22O5/c1-5-6-8(14)10(15-4)11-9(7-13)16-12(2,3)17-11/h5,8-11,13-14H,1,6-7H2,2-4H3/t8-,9-,10-,11?/m0/s1. The van der Waals surface area contributed by atoms with Crippen molar-refractivity contribution in [2.24, 2.45) is 0 Å². The Morgan fingerprint density at radius 1 is 1.47 bits per heavy atom. The van der Waals surface area contributed by atoms with Crippen LogP contribution in [0.15, 0.2) is 12.7 Å². The van der Waals surface area contributed by atoms with E-state index in [1.165, 1.54) is 7.11 Å². The summed E-state index contributed by atoms with van der Waals surface area (Å²) in [5.41, 5.74) is 0. The topological polar surface area (TPSA) is 68.2 Å². The number of rotatable bonds is 6. The van der Waals surface area contributed by atoms with E-state index in [-0.39, 0.29) is 6.61 Å². The maximum absolute atomic E-state index is 9.94. The molecule has 1 aliphatic rings. The number of hydrogen-bond acceptors (Lipinski definition) is 5. The van der Waals surface area contributed by atoms with Gasteiger partial charge in [-0.05, 0) is 20.3 Å². The van der Waals surface area contributed by atoms with Crippen molar-refractivity contribution < 1.29 is 24.4 Å². The lowest BCUT2D eigenvalue weighted by molar-refractivity contribution is -0.166. The van der Waals surface area contributed by atoms with Crippen LogP contribution in [-0.4, -0.2) is 54.1 Å². The Morgan fingerprint density at radius 3 is 2.59 bits per heavy atom. The number of hydrogen-bond donors (Lipinski definition) is 2. The van der Waals surface area contributed by atoms with E-state index in [9.17, 15) is 10.2 Å². The first-order valence-electron chi connectivity index (χ1n) is 5.73. The molecule has 0 amide bonds. The van der Waals surface area contributed by atoms with Crippen LogP contribution in [0.4, 0.5) is 0 Å². The molecule has 1 aliphatic heterocycles. The summed E-state index contributed by atoms with van der Waals surface area (Å²) < 4.78 is 16.5. The molecule has 0 radical (unpaired) electrons. The highest BCUT2D eigenvalue weighted by Gasteiger charge is 2.46. The fourth-order valence-electron chi connectivity index (χ4n) is 2.10. The third-order valence-electron chi connectivity index (χ3n) is 2.78. The summed E-state index contributed by atoms with van der Waals surface area (Å²) in [4.78, 5) is 0. The van der Waals surface area contributed by atoms with Gasteiger partial charge < -0.3 is 24.4 Å². The molecule has 1 saturated heterocycles. The molecule has 100 valence electrons. The van der Waals surface area contributed by atoms with E-state index in [1.54, 1.807) is 19.9 Å². The van der Waals surface area contributed by atoms with Gasteiger partial charge in [0.05, 0.1) is 12.7 Å². The predicted molar refractivity (Wildman–Crippen MR) is 62.5 cm³/mol. The summed E-state index contributed by atoms with van der Waals surface area (Å²) in [5.74, 6) is -0.775. The summed E-state index contributed by atoms with van der Waals surface area (Å²) in [6, 6.07) is 0. The zero-order valence-corrected chi connectivity index (χ0v) is 10.6. The molecule has 17 heavy (non-hydrogen) atoms. The second-order valence-corrected chi connectivity index (χ2v) is 4.61. The number of ether oxygens (including phenoxy) is 3. The fraction of sp³-hybridized carbons (Fsp3) is 0.833. The average molecular weight is 246 g/mol. The van der Waals surface area contributed by atoms with Crippen LogP contribution in [0.1, 0.15) is 20.3 Å². The van der Waals surface area contributed by atoms with Crippen LogP contribution >= 0.6 is 0 Å². The lowest BCUT2D eigenvalue weighted by Crippen LogP contribution is -2.45. The Hall–Kier alpha value is -0.460. The second kappa shape index (κ2) is 5.93. The van der Waals surface area contributed by atoms with Gasteiger partial charge in [0.2, 0.25) is 0 Å². The maximum Gasteiger partial charge on any atom is 0.164 e. The molecule has 1 fully saturated rings. The first-order valence-corrected chi connectivity index (χ1v) is 5.73. The molecule has 5 nitrogen and oxygen atoms in total. The van der Waals surface area contributed by atoms with Crippen molar-refractivity contribution >= 4 is 0 Å². The Morgan fingerprint density at radius 2 is 2.12 bits per heavy atom. The van der Waals surface area contributed by atoms with E-state index < -0.39 is 30.2 Å². The van der Waals surface area contributed by atoms with E-state index in [0.29, 0.717) is 6.42 Å². The molecule has 5 heteroatoms. The quantitative estimate of drug-likeness (QED) is 0.666. The van der Waals surface area contributed by atoms with Gasteiger partial charge in [-0.3, -0.25) is 0 Å². The van der Waals surface area contributed by atoms with Crippen LogP contribution in [0.3, 0.4) is 0 Å². The van der Waals surface area contributed by atoms with Crippen LogP contribution in [0.25, 0.3) is 0 Å². The monoisotopic (exact) mass is 246 g/mol. The van der Waals surface area contributed by atoms with Crippen LogP contribution in [-0.2, 0) is 14.2 Å². The van der Waals surface area contributed by atoms with E-state index in [4.69, 9.17) is 14.2 Å². The summed E-state index contributed by atoms with van der Waals surface area (Å²) in [7, 11) is 1.50. The van der Waals surface area contributed by atoms with Gasteiger partial charge in [-0.2, -0.15) is 0 Å². The van der Waals surface area contributed by atoms with Crippen molar-refractivity contribution in [3.8, 4) is 0 Å². The molecule has 4 atom stereocenters. The first-order chi connectivity index (χ1) is 7.95. The number of methoxy groups -OCH3 is 1. The Kier molecular flexibility index (Phi) is 5.09. The fourth-order valence-corrected chi connectivity index (χ4v) is 2.10. The van der Waals surface area contributed by atoms with E-state index >= 15 is 0 Å². The molecule has 2 N–H and O–H groups in total. The third kappa shape index (κ3) is 3.50. The first kappa shape index (κ1) is 14.6. The van der Waals surface area contributed by atoms with Crippen LogP contribution in [0.5, 0.6) is 0 Å². The highest BCUT2D eigenvalue weighted by Crippen LogP contribution is 2.32. The van der Waals surface area contributed by atoms with Crippen LogP contribution in [0, 0.1) is 0 Å². The summed E-state index contributed by atoms with van der Waals surface area (Å²) in [6.07, 6.45) is -0.243. The van der Waals surface area contributed by atoms with Gasteiger partial charge in [-0.25, -0.2) is 0 Å². The van der Waals surface area contributed by atoms with Crippen molar-refractivity contribution in [2.75, 3.05) is 13.7 Å². The largest absolute Gasteiger partial charge is 0.394 e. The third-order valence-corrected chi connectivity index (χ3v) is 2.78. The van der Waals surface area contributed by atoms with Gasteiger partial charge in [0.15, 0.2) is 5.79 Å². The highest BCUT2D eigenvalue weighted by atomic mass is 16.8. The minimum Gasteiger partial charge on any atom is -0.394 e. The van der Waals surface area contributed by atoms with Gasteiger partial charge in [-0.15, -0.1) is 6.58 Å². The molecule has 0 aliphatic carbocycles. The number of aliphatic hydroxyl groups excluding tert-OH is 2. The zero-order valence-electron chi connectivity index (χ0n) is 10.6. The minimum absolute atomic E-state index is 0.172. The smallest absolute Gasteiger partial charge is 0.164 e. The molecule has 0 saturated carbocycles. The summed E-state index contributed by atoms with van der Waals surface area (Å²) >= 11 is 0. The maximum atomic E-state index is 9.94. The molecule has 1 heterocycles. The van der Waals surface area contributed by atoms with E-state index in [1.807, 2.05) is 0 Å². The van der Waals surface area contributed by atoms with Gasteiger partial charge in [0.25, 0.3) is 0 Å². The highest BCUT2D eigenvalue weighted by molar-refractivity contribution is 4.92. The molecular weight excluding hydrogens is 224 g/mol. The predicted octanol–water partition coefficient (Wildman–Crippen LogP) is 0.451. The SMILES string of the molecule is C=CC[C@H](O)[C@H](OC)C1OC(C)(C)O[C@H]1CO. The lowest BCUT2D eigenvalue weighted by Gasteiger charge is -2.28. The van der Waals surface area contributed by atoms with Gasteiger partial charge in [-0.1, -0.05) is 6.08 Å². The Bertz CT molecular complexity index is 253. The lowest BCUT2D eigenvalue weighted by atomic mass is 10.0. The van der Waals surface area contributed by atoms with Gasteiger partial charge in [0, 0.05) is 7.11 Å². The van der Waals surface area contributed by atoms with Crippen molar-refractivity contribution in [1.29, 1.82) is 0 Å². The van der Waals surface area contributed by atoms with Gasteiger partial charge >= 0.3 is 0 Å². The molecule has 0 aromatic heterocycles. The Balaban J connectivity index is 2.76. The number of aliphatic hydroxyl groups is 2. The van der Waals surface area contributed by atoms with Gasteiger partial charge in [0.1, 0.15) is 18.3 Å². The molecular formula is C12H22O5. The molecule has 0 aromatic rings. The zero-order chi connectivity index (χ0) is 13.1. The molecule has 0 spiro atoms. The van der Waals surface area contributed by atoms with Crippen molar-refractivity contribution in [3.05, 3.63) is 12.7 Å². The average Bonchev–Trinajstić information content (AvgIpc) is 2.55. The van der Waals surface area contributed by atoms with E-state index in [0.717, 1.165) is 0 Å². The minimum atomic E-state index is -0.775. The normalized spacial score (nSPS) is 31.1. The molecule has 1 rings (SSSR count). The summed E-state index contributed by atoms with van der Waals surface area (Å²) in [5, 5.41) is 19.2. The molecule has 1 unspecified atom stereocenters. The molecule has 0 aromatic carbocycles. The van der Waals surface area contributed by atoms with E-state index in [2.05, 4.69) is 6.58 Å². The Labute approximate surface area is 102 Å². The van der Waals surface area contributed by atoms with Crippen LogP contribution < -0.4 is 0 Å². The van der Waals surface area contributed by atoms with Crippen molar-refractivity contribution in [3.63, 3.8) is 0 Å². The van der Waals surface area contributed by atoms with Crippen LogP contribution in [0.2, 0.25) is 0 Å². The summed E-state index contributed by atoms with van der Waals surface area (Å²) in [6.45, 7) is 6.94. The molecule has 0 bridgehead atoms.